The standard InChI is InChI=1S/C14H13N3O4/c1-14(2)11-10(7-21-14)13(18)16-12(15-11)8-3-5-9(6-4-8)17(19)20/h3-6H,7H2,1-2H3,(H,15,16,18). The summed E-state index contributed by atoms with van der Waals surface area (Å²) in [5.41, 5.74) is 0.900. The third-order valence-corrected chi connectivity index (χ3v) is 3.51. The molecule has 0 bridgehead atoms. The van der Waals surface area contributed by atoms with Gasteiger partial charge in [0.2, 0.25) is 0 Å². The van der Waals surface area contributed by atoms with Crippen LogP contribution in [0.3, 0.4) is 0 Å². The first-order valence-corrected chi connectivity index (χ1v) is 6.41. The van der Waals surface area contributed by atoms with Gasteiger partial charge >= 0.3 is 0 Å². The summed E-state index contributed by atoms with van der Waals surface area (Å²) in [4.78, 5) is 29.4. The first kappa shape index (κ1) is 13.4. The van der Waals surface area contributed by atoms with Gasteiger partial charge in [-0.2, -0.15) is 0 Å². The van der Waals surface area contributed by atoms with Gasteiger partial charge in [-0.25, -0.2) is 4.98 Å². The van der Waals surface area contributed by atoms with Crippen LogP contribution in [0, 0.1) is 10.1 Å². The highest BCUT2D eigenvalue weighted by Gasteiger charge is 2.35. The van der Waals surface area contributed by atoms with Gasteiger partial charge in [0, 0.05) is 17.7 Å². The third-order valence-electron chi connectivity index (χ3n) is 3.51. The average molecular weight is 287 g/mol. The fourth-order valence-corrected chi connectivity index (χ4v) is 2.33. The van der Waals surface area contributed by atoms with Gasteiger partial charge < -0.3 is 9.72 Å². The first-order valence-electron chi connectivity index (χ1n) is 6.41. The SMILES string of the molecule is CC1(C)OCc2c1nc(-c1ccc([N+](=O)[O-])cc1)[nH]c2=O. The Kier molecular flexibility index (Phi) is 2.87. The Morgan fingerprint density at radius 3 is 2.62 bits per heavy atom. The lowest BCUT2D eigenvalue weighted by atomic mass is 10.0. The van der Waals surface area contributed by atoms with Crippen LogP contribution in [-0.2, 0) is 16.9 Å². The molecule has 1 aromatic carbocycles. The van der Waals surface area contributed by atoms with E-state index in [1.807, 2.05) is 13.8 Å². The molecule has 0 atom stereocenters. The molecule has 0 saturated heterocycles. The van der Waals surface area contributed by atoms with E-state index in [1.165, 1.54) is 12.1 Å². The molecule has 0 spiro atoms. The molecule has 0 fully saturated rings. The summed E-state index contributed by atoms with van der Waals surface area (Å²) < 4.78 is 5.56. The Hall–Kier alpha value is -2.54. The highest BCUT2D eigenvalue weighted by Crippen LogP contribution is 2.33. The Bertz CT molecular complexity index is 778. The highest BCUT2D eigenvalue weighted by molar-refractivity contribution is 5.57. The number of hydrogen-bond donors (Lipinski definition) is 1. The lowest BCUT2D eigenvalue weighted by Gasteiger charge is -2.17. The minimum Gasteiger partial charge on any atom is -0.364 e. The summed E-state index contributed by atoms with van der Waals surface area (Å²) in [6.07, 6.45) is 0. The number of aromatic nitrogens is 2. The number of non-ortho nitro benzene ring substituents is 1. The molecule has 3 rings (SSSR count). The van der Waals surface area contributed by atoms with Crippen LogP contribution in [0.15, 0.2) is 29.1 Å². The maximum absolute atomic E-state index is 12.1. The molecule has 7 nitrogen and oxygen atoms in total. The summed E-state index contributed by atoms with van der Waals surface area (Å²) >= 11 is 0. The topological polar surface area (TPSA) is 98.1 Å². The zero-order chi connectivity index (χ0) is 15.2. The number of hydrogen-bond acceptors (Lipinski definition) is 5. The Morgan fingerprint density at radius 1 is 1.33 bits per heavy atom. The number of benzene rings is 1. The maximum atomic E-state index is 12.1. The molecule has 7 heteroatoms. The van der Waals surface area contributed by atoms with Gasteiger partial charge in [-0.3, -0.25) is 14.9 Å². The number of nitrogens with one attached hydrogen (secondary N) is 1. The third kappa shape index (κ3) is 2.21. The van der Waals surface area contributed by atoms with Crippen LogP contribution in [0.2, 0.25) is 0 Å². The van der Waals surface area contributed by atoms with Gasteiger partial charge in [-0.1, -0.05) is 0 Å². The smallest absolute Gasteiger partial charge is 0.269 e. The van der Waals surface area contributed by atoms with Crippen LogP contribution in [0.25, 0.3) is 11.4 Å². The van der Waals surface area contributed by atoms with Crippen LogP contribution in [0.4, 0.5) is 5.69 Å². The second-order valence-electron chi connectivity index (χ2n) is 5.34. The molecular weight excluding hydrogens is 274 g/mol. The van der Waals surface area contributed by atoms with Crippen LogP contribution >= 0.6 is 0 Å². The molecule has 21 heavy (non-hydrogen) atoms. The van der Waals surface area contributed by atoms with Crippen molar-refractivity contribution in [2.45, 2.75) is 26.1 Å². The lowest BCUT2D eigenvalue weighted by Crippen LogP contribution is -2.21. The van der Waals surface area contributed by atoms with Crippen molar-refractivity contribution in [1.29, 1.82) is 0 Å². The van der Waals surface area contributed by atoms with Gasteiger partial charge in [-0.05, 0) is 26.0 Å². The summed E-state index contributed by atoms with van der Waals surface area (Å²) in [7, 11) is 0. The number of fused-ring (bicyclic) bond motifs is 1. The number of H-pyrrole nitrogens is 1. The van der Waals surface area contributed by atoms with Crippen molar-refractivity contribution in [3.05, 3.63) is 56.0 Å². The Labute approximate surface area is 119 Å². The van der Waals surface area contributed by atoms with Crippen LogP contribution < -0.4 is 5.56 Å². The van der Waals surface area contributed by atoms with Gasteiger partial charge in [0.1, 0.15) is 11.4 Å². The van der Waals surface area contributed by atoms with Crippen LogP contribution in [0.1, 0.15) is 25.1 Å². The summed E-state index contributed by atoms with van der Waals surface area (Å²) in [6, 6.07) is 5.88. The minimum atomic E-state index is -0.612. The zero-order valence-electron chi connectivity index (χ0n) is 11.5. The lowest BCUT2D eigenvalue weighted by molar-refractivity contribution is -0.384. The summed E-state index contributed by atoms with van der Waals surface area (Å²) in [6.45, 7) is 3.95. The molecule has 1 aliphatic rings. The van der Waals surface area contributed by atoms with Crippen molar-refractivity contribution in [2.24, 2.45) is 0 Å². The fourth-order valence-electron chi connectivity index (χ4n) is 2.33. The van der Waals surface area contributed by atoms with E-state index >= 15 is 0 Å². The predicted molar refractivity (Wildman–Crippen MR) is 74.8 cm³/mol. The van der Waals surface area contributed by atoms with Crippen molar-refractivity contribution in [2.75, 3.05) is 0 Å². The van der Waals surface area contributed by atoms with E-state index in [4.69, 9.17) is 4.74 Å². The highest BCUT2D eigenvalue weighted by atomic mass is 16.6. The molecule has 1 aliphatic heterocycles. The van der Waals surface area contributed by atoms with Crippen molar-refractivity contribution < 1.29 is 9.66 Å². The van der Waals surface area contributed by atoms with Gasteiger partial charge in [0.25, 0.3) is 11.2 Å². The molecular formula is C14H13N3O4. The summed E-state index contributed by atoms with van der Waals surface area (Å²) in [5.74, 6) is 0.382. The van der Waals surface area contributed by atoms with Gasteiger partial charge in [0.15, 0.2) is 0 Å². The summed E-state index contributed by atoms with van der Waals surface area (Å²) in [5, 5.41) is 10.7. The molecule has 1 aromatic heterocycles. The molecule has 0 aliphatic carbocycles. The molecule has 0 radical (unpaired) electrons. The Morgan fingerprint density at radius 2 is 2.00 bits per heavy atom. The molecule has 0 amide bonds. The molecule has 0 unspecified atom stereocenters. The molecule has 2 heterocycles. The zero-order valence-corrected chi connectivity index (χ0v) is 11.5. The quantitative estimate of drug-likeness (QED) is 0.673. The van der Waals surface area contributed by atoms with E-state index in [2.05, 4.69) is 9.97 Å². The predicted octanol–water partition coefficient (Wildman–Crippen LogP) is 2.11. The molecule has 108 valence electrons. The van der Waals surface area contributed by atoms with Crippen molar-refractivity contribution in [3.8, 4) is 11.4 Å². The van der Waals surface area contributed by atoms with Crippen molar-refractivity contribution in [1.82, 2.24) is 9.97 Å². The number of nitrogens with zero attached hydrogens (tertiary/aromatic N) is 2. The number of nitro benzene ring substituents is 1. The van der Waals surface area contributed by atoms with E-state index in [9.17, 15) is 14.9 Å². The fraction of sp³-hybridized carbons (Fsp3) is 0.286. The van der Waals surface area contributed by atoms with Crippen molar-refractivity contribution in [3.63, 3.8) is 0 Å². The monoisotopic (exact) mass is 287 g/mol. The van der Waals surface area contributed by atoms with Crippen LogP contribution in [0.5, 0.6) is 0 Å². The second-order valence-corrected chi connectivity index (χ2v) is 5.34. The largest absolute Gasteiger partial charge is 0.364 e. The van der Waals surface area contributed by atoms with E-state index < -0.39 is 10.5 Å². The minimum absolute atomic E-state index is 0.00841. The van der Waals surface area contributed by atoms with E-state index in [1.54, 1.807) is 12.1 Å². The van der Waals surface area contributed by atoms with Crippen molar-refractivity contribution >= 4 is 5.69 Å². The molecule has 1 N–H and O–H groups in total. The Balaban J connectivity index is 2.10. The maximum Gasteiger partial charge on any atom is 0.269 e. The number of ether oxygens (including phenoxy) is 1. The average Bonchev–Trinajstić information content (AvgIpc) is 2.75. The molecule has 0 saturated carbocycles. The van der Waals surface area contributed by atoms with E-state index in [0.29, 0.717) is 22.6 Å². The number of rotatable bonds is 2. The molecule has 2 aromatic rings. The number of aromatic amines is 1. The normalized spacial score (nSPS) is 15.7. The van der Waals surface area contributed by atoms with Gasteiger partial charge in [-0.15, -0.1) is 0 Å². The van der Waals surface area contributed by atoms with Gasteiger partial charge in [0.05, 0.1) is 22.8 Å². The van der Waals surface area contributed by atoms with Crippen LogP contribution in [-0.4, -0.2) is 14.9 Å². The first-order chi connectivity index (χ1) is 9.88. The second kappa shape index (κ2) is 4.49. The van der Waals surface area contributed by atoms with E-state index in [0.717, 1.165) is 0 Å². The number of nitro groups is 1. The van der Waals surface area contributed by atoms with E-state index in [-0.39, 0.29) is 17.9 Å².